The summed E-state index contributed by atoms with van der Waals surface area (Å²) in [4.78, 5) is 0. The lowest BCUT2D eigenvalue weighted by Crippen LogP contribution is -2.20. The Morgan fingerprint density at radius 1 is 1.03 bits per heavy atom. The van der Waals surface area contributed by atoms with E-state index in [0.29, 0.717) is 34.1 Å². The predicted molar refractivity (Wildman–Crippen MR) is 143 cm³/mol. The van der Waals surface area contributed by atoms with Gasteiger partial charge in [-0.1, -0.05) is 59.6 Å². The molecule has 0 unspecified atom stereocenters. The molecule has 170 valence electrons. The number of anilines is 2. The van der Waals surface area contributed by atoms with Crippen LogP contribution in [0.5, 0.6) is 0 Å². The van der Waals surface area contributed by atoms with Crippen LogP contribution in [0.25, 0.3) is 0 Å². The largest absolute Gasteiger partial charge is 0.329 e. The second kappa shape index (κ2) is 10.3. The van der Waals surface area contributed by atoms with Gasteiger partial charge < -0.3 is 10.6 Å². The van der Waals surface area contributed by atoms with E-state index in [1.54, 1.807) is 10.7 Å². The molecule has 0 aliphatic rings. The summed E-state index contributed by atoms with van der Waals surface area (Å²) >= 11 is 21.4. The van der Waals surface area contributed by atoms with E-state index in [0.717, 1.165) is 27.1 Å². The van der Waals surface area contributed by atoms with E-state index in [1.807, 2.05) is 55.1 Å². The van der Waals surface area contributed by atoms with Crippen molar-refractivity contribution in [2.24, 2.45) is 0 Å². The van der Waals surface area contributed by atoms with E-state index in [1.165, 1.54) is 5.56 Å². The topological polar surface area (TPSA) is 59.7 Å². The first-order valence-corrected chi connectivity index (χ1v) is 12.1. The van der Waals surface area contributed by atoms with E-state index in [2.05, 4.69) is 48.9 Å². The van der Waals surface area contributed by atoms with Crippen molar-refractivity contribution in [3.63, 3.8) is 0 Å². The van der Waals surface area contributed by atoms with Gasteiger partial charge in [0, 0.05) is 16.2 Å². The second-order valence-electron chi connectivity index (χ2n) is 7.53. The van der Waals surface area contributed by atoms with Crippen LogP contribution in [-0.2, 0) is 13.1 Å². The van der Waals surface area contributed by atoms with Gasteiger partial charge in [-0.05, 0) is 65.3 Å². The quantitative estimate of drug-likeness (QED) is 0.256. The van der Waals surface area contributed by atoms with E-state index in [9.17, 15) is 0 Å². The number of aromatic nitrogens is 4. The molecule has 0 bridgehead atoms. The molecule has 0 aliphatic heterocycles. The fraction of sp³-hybridized carbons (Fsp3) is 0.174. The molecule has 2 aromatic heterocycles. The number of nitrogens with zero attached hydrogens (tertiary/aromatic N) is 4. The first-order chi connectivity index (χ1) is 15.8. The Morgan fingerprint density at radius 2 is 1.79 bits per heavy atom. The molecule has 2 heterocycles. The third kappa shape index (κ3) is 5.76. The van der Waals surface area contributed by atoms with Crippen molar-refractivity contribution in [2.45, 2.75) is 26.9 Å². The minimum atomic E-state index is 0.427. The molecule has 33 heavy (non-hydrogen) atoms. The average molecular weight is 564 g/mol. The van der Waals surface area contributed by atoms with Gasteiger partial charge in [0.15, 0.2) is 10.9 Å². The molecule has 0 aliphatic carbocycles. The molecule has 4 aromatic rings. The Labute approximate surface area is 216 Å². The van der Waals surface area contributed by atoms with Crippen molar-refractivity contribution >= 4 is 68.0 Å². The number of rotatable bonds is 6. The van der Waals surface area contributed by atoms with Crippen LogP contribution in [0, 0.1) is 13.8 Å². The number of nitrogens with one attached hydrogen (secondary N) is 2. The van der Waals surface area contributed by atoms with Gasteiger partial charge in [-0.15, -0.1) is 0 Å². The van der Waals surface area contributed by atoms with Crippen LogP contribution in [0.15, 0.2) is 59.2 Å². The maximum absolute atomic E-state index is 6.29. The fourth-order valence-electron chi connectivity index (χ4n) is 3.43. The van der Waals surface area contributed by atoms with Crippen molar-refractivity contribution in [3.8, 4) is 0 Å². The van der Waals surface area contributed by atoms with Crippen LogP contribution in [-0.4, -0.2) is 24.7 Å². The zero-order valence-electron chi connectivity index (χ0n) is 17.9. The van der Waals surface area contributed by atoms with E-state index in [4.69, 9.17) is 35.4 Å². The lowest BCUT2D eigenvalue weighted by Gasteiger charge is -2.10. The van der Waals surface area contributed by atoms with E-state index >= 15 is 0 Å². The Morgan fingerprint density at radius 3 is 2.52 bits per heavy atom. The van der Waals surface area contributed by atoms with Gasteiger partial charge in [-0.3, -0.25) is 9.36 Å². The van der Waals surface area contributed by atoms with Crippen LogP contribution < -0.4 is 10.6 Å². The number of halogens is 3. The molecule has 0 fully saturated rings. The molecular formula is C23H21BrCl2N6S. The molecule has 0 atom stereocenters. The molecule has 2 N–H and O–H groups in total. The summed E-state index contributed by atoms with van der Waals surface area (Å²) in [6, 6.07) is 15.6. The summed E-state index contributed by atoms with van der Waals surface area (Å²) in [6.45, 7) is 5.17. The SMILES string of the molecule is Cc1nn(Cc2ccccc2)c(C)c1NC(=S)Nc1nn(Cc2ccc(Cl)cc2Cl)cc1Br. The summed E-state index contributed by atoms with van der Waals surface area (Å²) in [5.41, 5.74) is 4.86. The van der Waals surface area contributed by atoms with Crippen molar-refractivity contribution in [3.05, 3.63) is 91.8 Å². The van der Waals surface area contributed by atoms with Crippen LogP contribution >= 0.6 is 51.3 Å². The summed E-state index contributed by atoms with van der Waals surface area (Å²) in [7, 11) is 0. The Balaban J connectivity index is 1.44. The zero-order valence-corrected chi connectivity index (χ0v) is 21.9. The van der Waals surface area contributed by atoms with Gasteiger partial charge in [0.25, 0.3) is 0 Å². The summed E-state index contributed by atoms with van der Waals surface area (Å²) in [5, 5.41) is 17.3. The van der Waals surface area contributed by atoms with Crippen molar-refractivity contribution in [2.75, 3.05) is 10.6 Å². The van der Waals surface area contributed by atoms with Crippen LogP contribution in [0.4, 0.5) is 11.5 Å². The molecule has 0 saturated heterocycles. The summed E-state index contributed by atoms with van der Waals surface area (Å²) in [5.74, 6) is 0.601. The van der Waals surface area contributed by atoms with E-state index in [-0.39, 0.29) is 0 Å². The molecule has 0 amide bonds. The maximum Gasteiger partial charge on any atom is 0.176 e. The average Bonchev–Trinajstić information content (AvgIpc) is 3.24. The number of benzene rings is 2. The Kier molecular flexibility index (Phi) is 7.38. The molecule has 2 aromatic carbocycles. The van der Waals surface area contributed by atoms with Crippen molar-refractivity contribution in [1.82, 2.24) is 19.6 Å². The normalized spacial score (nSPS) is 10.9. The van der Waals surface area contributed by atoms with Crippen LogP contribution in [0.1, 0.15) is 22.5 Å². The third-order valence-electron chi connectivity index (χ3n) is 5.09. The predicted octanol–water partition coefficient (Wildman–Crippen LogP) is 6.67. The van der Waals surface area contributed by atoms with Gasteiger partial charge in [0.2, 0.25) is 0 Å². The lowest BCUT2D eigenvalue weighted by atomic mass is 10.2. The molecule has 0 saturated carbocycles. The van der Waals surface area contributed by atoms with Crippen LogP contribution in [0.2, 0.25) is 10.0 Å². The highest BCUT2D eigenvalue weighted by molar-refractivity contribution is 9.10. The van der Waals surface area contributed by atoms with Crippen molar-refractivity contribution in [1.29, 1.82) is 0 Å². The molecule has 6 nitrogen and oxygen atoms in total. The van der Waals surface area contributed by atoms with Gasteiger partial charge in [0.1, 0.15) is 0 Å². The van der Waals surface area contributed by atoms with Crippen LogP contribution in [0.3, 0.4) is 0 Å². The Bertz CT molecular complexity index is 1300. The molecule has 0 spiro atoms. The maximum atomic E-state index is 6.29. The smallest absolute Gasteiger partial charge is 0.176 e. The van der Waals surface area contributed by atoms with Gasteiger partial charge in [0.05, 0.1) is 34.6 Å². The first-order valence-electron chi connectivity index (χ1n) is 10.1. The highest BCUT2D eigenvalue weighted by Crippen LogP contribution is 2.25. The fourth-order valence-corrected chi connectivity index (χ4v) is 4.51. The second-order valence-corrected chi connectivity index (χ2v) is 9.63. The van der Waals surface area contributed by atoms with E-state index < -0.39 is 0 Å². The highest BCUT2D eigenvalue weighted by atomic mass is 79.9. The highest BCUT2D eigenvalue weighted by Gasteiger charge is 2.15. The summed E-state index contributed by atoms with van der Waals surface area (Å²) in [6.07, 6.45) is 1.87. The monoisotopic (exact) mass is 562 g/mol. The summed E-state index contributed by atoms with van der Waals surface area (Å²) < 4.78 is 4.53. The molecule has 0 radical (unpaired) electrons. The number of hydrogen-bond acceptors (Lipinski definition) is 3. The lowest BCUT2D eigenvalue weighted by molar-refractivity contribution is 0.659. The standard InChI is InChI=1S/C23H21BrCl2N6S/c1-14-21(15(2)32(29-14)11-16-6-4-3-5-7-16)27-23(33)28-22-19(24)13-31(30-22)12-17-8-9-18(25)10-20(17)26/h3-10,13H,11-12H2,1-2H3,(H2,27,28,30,33). The Hall–Kier alpha value is -2.39. The third-order valence-corrected chi connectivity index (χ3v) is 6.46. The van der Waals surface area contributed by atoms with Crippen molar-refractivity contribution < 1.29 is 0 Å². The molecule has 10 heteroatoms. The number of aryl methyl sites for hydroxylation is 1. The molecular weight excluding hydrogens is 543 g/mol. The van der Waals surface area contributed by atoms with Gasteiger partial charge in [-0.2, -0.15) is 10.2 Å². The van der Waals surface area contributed by atoms with Gasteiger partial charge in [-0.25, -0.2) is 0 Å². The zero-order chi connectivity index (χ0) is 23.5. The number of hydrogen-bond donors (Lipinski definition) is 2. The number of thiocarbonyl (C=S) groups is 1. The van der Waals surface area contributed by atoms with Gasteiger partial charge >= 0.3 is 0 Å². The molecule has 4 rings (SSSR count). The minimum Gasteiger partial charge on any atom is -0.329 e. The minimum absolute atomic E-state index is 0.427. The first kappa shape index (κ1) is 23.8.